The number of nitrogens with one attached hydrogen (secondary N) is 2. The second-order valence-electron chi connectivity index (χ2n) is 7.43. The monoisotopic (exact) mass is 594 g/mol. The molecule has 5 N–H and O–H groups in total. The number of pyridine rings is 1. The zero-order valence-corrected chi connectivity index (χ0v) is 20.9. The van der Waals surface area contributed by atoms with Crippen molar-refractivity contribution in [3.05, 3.63) is 87.1 Å². The van der Waals surface area contributed by atoms with Crippen LogP contribution in [0.4, 0.5) is 5.82 Å². The Bertz CT molecular complexity index is 1270. The van der Waals surface area contributed by atoms with Crippen LogP contribution >= 0.6 is 22.6 Å². The first-order valence-electron chi connectivity index (χ1n) is 10.2. The maximum absolute atomic E-state index is 12.5. The minimum Gasteiger partial charge on any atom is -0.480 e. The number of nitrogens with zero attached hydrogens (tertiary/aromatic N) is 1. The van der Waals surface area contributed by atoms with Crippen molar-refractivity contribution in [1.82, 2.24) is 15.0 Å². The highest BCUT2D eigenvalue weighted by Crippen LogP contribution is 2.13. The predicted molar refractivity (Wildman–Crippen MR) is 136 cm³/mol. The third kappa shape index (κ3) is 7.23. The fourth-order valence-electron chi connectivity index (χ4n) is 3.08. The van der Waals surface area contributed by atoms with Crippen LogP contribution in [0, 0.1) is 3.57 Å². The number of benzene rings is 2. The van der Waals surface area contributed by atoms with E-state index in [2.05, 4.69) is 15.0 Å². The number of aromatic nitrogens is 1. The summed E-state index contributed by atoms with van der Waals surface area (Å²) in [6, 6.07) is 16.7. The average molecular weight is 594 g/mol. The van der Waals surface area contributed by atoms with Crippen LogP contribution in [0.3, 0.4) is 0 Å². The number of hydrogen-bond acceptors (Lipinski definition) is 6. The summed E-state index contributed by atoms with van der Waals surface area (Å²) < 4.78 is 27.9. The van der Waals surface area contributed by atoms with Gasteiger partial charge in [-0.2, -0.15) is 4.72 Å². The Kier molecular flexibility index (Phi) is 8.58. The van der Waals surface area contributed by atoms with Crippen molar-refractivity contribution in [2.24, 2.45) is 0 Å². The van der Waals surface area contributed by atoms with E-state index in [0.717, 1.165) is 14.8 Å². The number of nitrogen functional groups attached to an aromatic ring is 1. The number of amides is 1. The molecule has 1 amide bonds. The van der Waals surface area contributed by atoms with Crippen molar-refractivity contribution in [2.45, 2.75) is 23.8 Å². The Morgan fingerprint density at radius 1 is 1.00 bits per heavy atom. The fourth-order valence-corrected chi connectivity index (χ4v) is 4.63. The number of nitrogens with two attached hydrogens (primary N) is 1. The van der Waals surface area contributed by atoms with E-state index in [9.17, 15) is 23.1 Å². The summed E-state index contributed by atoms with van der Waals surface area (Å²) in [6.45, 7) is -0.416. The minimum atomic E-state index is -4.07. The molecule has 0 bridgehead atoms. The van der Waals surface area contributed by atoms with Gasteiger partial charge in [-0.3, -0.25) is 9.59 Å². The molecule has 1 atom stereocenters. The smallest absolute Gasteiger partial charge is 0.323 e. The Balaban J connectivity index is 1.57. The summed E-state index contributed by atoms with van der Waals surface area (Å²) >= 11 is 2.03. The maximum atomic E-state index is 12.5. The van der Waals surface area contributed by atoms with Gasteiger partial charge in [0.1, 0.15) is 11.9 Å². The number of hydrogen-bond donors (Lipinski definition) is 4. The van der Waals surface area contributed by atoms with Crippen LogP contribution in [-0.2, 0) is 27.7 Å². The van der Waals surface area contributed by atoms with E-state index in [4.69, 9.17) is 5.73 Å². The molecule has 0 aliphatic rings. The van der Waals surface area contributed by atoms with E-state index in [1.54, 1.807) is 42.5 Å². The molecule has 0 aliphatic heterocycles. The number of carboxylic acid groups (broad SMARTS) is 1. The summed E-state index contributed by atoms with van der Waals surface area (Å²) in [5, 5.41) is 11.9. The molecule has 0 saturated carbocycles. The van der Waals surface area contributed by atoms with Gasteiger partial charge in [-0.25, -0.2) is 13.4 Å². The predicted octanol–water partition coefficient (Wildman–Crippen LogP) is 2.22. The summed E-state index contributed by atoms with van der Waals surface area (Å²) in [5.41, 5.74) is 7.88. The molecule has 9 nitrogen and oxygen atoms in total. The Morgan fingerprint density at radius 2 is 1.68 bits per heavy atom. The number of carboxylic acids is 1. The molecule has 1 heterocycles. The van der Waals surface area contributed by atoms with Crippen molar-refractivity contribution >= 4 is 50.3 Å². The molecule has 1 unspecified atom stereocenters. The Labute approximate surface area is 211 Å². The van der Waals surface area contributed by atoms with E-state index in [0.29, 0.717) is 24.2 Å². The van der Waals surface area contributed by atoms with Crippen LogP contribution in [0.1, 0.15) is 21.6 Å². The molecular weight excluding hydrogens is 571 g/mol. The molecule has 0 aliphatic carbocycles. The summed E-state index contributed by atoms with van der Waals surface area (Å²) in [6.07, 6.45) is 1.40. The van der Waals surface area contributed by atoms with E-state index < -0.39 is 34.5 Å². The normalized spacial score (nSPS) is 12.1. The molecular formula is C23H23IN4O5S. The van der Waals surface area contributed by atoms with Crippen molar-refractivity contribution in [3.8, 4) is 0 Å². The number of rotatable bonds is 10. The average Bonchev–Trinajstić information content (AvgIpc) is 2.80. The van der Waals surface area contributed by atoms with Gasteiger partial charge in [0.25, 0.3) is 5.91 Å². The Hall–Kier alpha value is -3.03. The largest absolute Gasteiger partial charge is 0.480 e. The lowest BCUT2D eigenvalue weighted by molar-refractivity contribution is -0.138. The first kappa shape index (κ1) is 25.6. The molecule has 34 heavy (non-hydrogen) atoms. The number of carbonyl (C=O) groups is 2. The molecule has 1 aromatic heterocycles. The minimum absolute atomic E-state index is 0.0607. The zero-order chi connectivity index (χ0) is 24.7. The first-order chi connectivity index (χ1) is 16.1. The lowest BCUT2D eigenvalue weighted by Gasteiger charge is -2.16. The van der Waals surface area contributed by atoms with Gasteiger partial charge in [-0.1, -0.05) is 18.2 Å². The van der Waals surface area contributed by atoms with Gasteiger partial charge in [0, 0.05) is 21.4 Å². The second-order valence-corrected chi connectivity index (χ2v) is 10.4. The fraction of sp³-hybridized carbons (Fsp3) is 0.174. The summed E-state index contributed by atoms with van der Waals surface area (Å²) in [5.74, 6) is -1.45. The molecule has 11 heteroatoms. The van der Waals surface area contributed by atoms with Gasteiger partial charge in [0.15, 0.2) is 0 Å². The zero-order valence-electron chi connectivity index (χ0n) is 17.9. The molecule has 0 fully saturated rings. The molecule has 0 saturated heterocycles. The van der Waals surface area contributed by atoms with Crippen LogP contribution in [0.2, 0.25) is 0 Å². The summed E-state index contributed by atoms with van der Waals surface area (Å²) in [4.78, 5) is 28.2. The molecule has 3 rings (SSSR count). The highest BCUT2D eigenvalue weighted by molar-refractivity contribution is 14.1. The molecule has 2 aromatic carbocycles. The van der Waals surface area contributed by atoms with Crippen molar-refractivity contribution < 1.29 is 23.1 Å². The molecule has 0 radical (unpaired) electrons. The number of sulfonamides is 1. The van der Waals surface area contributed by atoms with Crippen LogP contribution in [0.5, 0.6) is 0 Å². The van der Waals surface area contributed by atoms with Gasteiger partial charge in [-0.05, 0) is 89.5 Å². The SMILES string of the molecule is Nc1cccc(CCc2ccc(C(=O)NCC(NS(=O)(=O)c3ccc(I)cc3)C(=O)O)cc2)n1. The van der Waals surface area contributed by atoms with Gasteiger partial charge in [0.05, 0.1) is 4.90 Å². The number of carbonyl (C=O) groups excluding carboxylic acids is 1. The van der Waals surface area contributed by atoms with Crippen LogP contribution in [0.15, 0.2) is 71.6 Å². The summed E-state index contributed by atoms with van der Waals surface area (Å²) in [7, 11) is -4.07. The quantitative estimate of drug-likeness (QED) is 0.263. The lowest BCUT2D eigenvalue weighted by Crippen LogP contribution is -2.48. The number of halogens is 1. The highest BCUT2D eigenvalue weighted by atomic mass is 127. The first-order valence-corrected chi connectivity index (χ1v) is 12.8. The van der Waals surface area contributed by atoms with Gasteiger partial charge >= 0.3 is 5.97 Å². The van der Waals surface area contributed by atoms with Crippen LogP contribution in [-0.4, -0.2) is 43.0 Å². The van der Waals surface area contributed by atoms with E-state index in [-0.39, 0.29) is 4.90 Å². The van der Waals surface area contributed by atoms with Crippen molar-refractivity contribution in [3.63, 3.8) is 0 Å². The van der Waals surface area contributed by atoms with E-state index in [1.807, 2.05) is 34.7 Å². The standard InChI is InChI=1S/C23H23IN4O5S/c24-17-9-12-19(13-10-17)34(32,33)28-20(23(30)31)14-26-22(29)16-7-4-15(5-8-16)6-11-18-2-1-3-21(25)27-18/h1-5,7-10,12-13,20,28H,6,11,14H2,(H2,25,27)(H,26,29)(H,30,31). The van der Waals surface area contributed by atoms with Crippen LogP contribution in [0.25, 0.3) is 0 Å². The van der Waals surface area contributed by atoms with Gasteiger partial charge < -0.3 is 16.2 Å². The number of anilines is 1. The van der Waals surface area contributed by atoms with Crippen molar-refractivity contribution in [1.29, 1.82) is 0 Å². The number of aliphatic carboxylic acids is 1. The number of aryl methyl sites for hydroxylation is 2. The maximum Gasteiger partial charge on any atom is 0.323 e. The second kappa shape index (κ2) is 11.4. The molecule has 0 spiro atoms. The third-order valence-corrected chi connectivity index (χ3v) is 7.11. The third-order valence-electron chi connectivity index (χ3n) is 4.90. The van der Waals surface area contributed by atoms with E-state index >= 15 is 0 Å². The Morgan fingerprint density at radius 3 is 2.29 bits per heavy atom. The van der Waals surface area contributed by atoms with Gasteiger partial charge in [-0.15, -0.1) is 0 Å². The molecule has 178 valence electrons. The van der Waals surface area contributed by atoms with Gasteiger partial charge in [0.2, 0.25) is 10.0 Å². The van der Waals surface area contributed by atoms with Crippen molar-refractivity contribution in [2.75, 3.05) is 12.3 Å². The molecule has 3 aromatic rings. The van der Waals surface area contributed by atoms with Crippen LogP contribution < -0.4 is 15.8 Å². The topological polar surface area (TPSA) is 151 Å². The van der Waals surface area contributed by atoms with E-state index in [1.165, 1.54) is 12.1 Å². The lowest BCUT2D eigenvalue weighted by atomic mass is 10.1. The highest BCUT2D eigenvalue weighted by Gasteiger charge is 2.26.